The van der Waals surface area contributed by atoms with Crippen LogP contribution in [0.4, 0.5) is 13.2 Å². The van der Waals surface area contributed by atoms with E-state index in [1.54, 1.807) is 13.0 Å². The fourth-order valence-electron chi connectivity index (χ4n) is 0.901. The first-order chi connectivity index (χ1) is 6.79. The van der Waals surface area contributed by atoms with Crippen LogP contribution in [-0.2, 0) is 0 Å². The Kier molecular flexibility index (Phi) is 4.20. The zero-order valence-electron chi connectivity index (χ0n) is 7.66. The molecule has 0 aliphatic carbocycles. The Balaban J connectivity index is 2.82. The molecule has 0 unspecified atom stereocenters. The number of thioether (sulfide) groups is 1. The standard InChI is InChI=1S/C9H7Cl2F3S/c1-5-2-8(7(11)3-6(5)10)15-4-9(12,13)14/h2-3H,4H2,1H3. The fourth-order valence-corrected chi connectivity index (χ4v) is 2.22. The van der Waals surface area contributed by atoms with Crippen LogP contribution in [-0.4, -0.2) is 11.9 Å². The smallest absolute Gasteiger partial charge is 0.170 e. The first-order valence-electron chi connectivity index (χ1n) is 3.95. The minimum Gasteiger partial charge on any atom is -0.170 e. The third kappa shape index (κ3) is 4.13. The van der Waals surface area contributed by atoms with Gasteiger partial charge in [-0.1, -0.05) is 23.2 Å². The van der Waals surface area contributed by atoms with Crippen LogP contribution in [0, 0.1) is 6.92 Å². The van der Waals surface area contributed by atoms with Crippen LogP contribution in [0.3, 0.4) is 0 Å². The van der Waals surface area contributed by atoms with Crippen molar-refractivity contribution in [3.63, 3.8) is 0 Å². The van der Waals surface area contributed by atoms with Gasteiger partial charge >= 0.3 is 6.18 Å². The second-order valence-electron chi connectivity index (χ2n) is 2.94. The predicted octanol–water partition coefficient (Wildman–Crippen LogP) is 4.96. The maximum absolute atomic E-state index is 12.0. The van der Waals surface area contributed by atoms with E-state index >= 15 is 0 Å². The Morgan fingerprint density at radius 2 is 1.80 bits per heavy atom. The molecular weight excluding hydrogens is 268 g/mol. The van der Waals surface area contributed by atoms with Crippen molar-refractivity contribution in [3.05, 3.63) is 27.7 Å². The molecule has 0 spiro atoms. The highest BCUT2D eigenvalue weighted by Crippen LogP contribution is 2.34. The summed E-state index contributed by atoms with van der Waals surface area (Å²) in [6, 6.07) is 3.01. The summed E-state index contributed by atoms with van der Waals surface area (Å²) in [5, 5.41) is 0.705. The molecule has 0 fully saturated rings. The van der Waals surface area contributed by atoms with Gasteiger partial charge in [0.1, 0.15) is 0 Å². The van der Waals surface area contributed by atoms with Crippen molar-refractivity contribution in [2.24, 2.45) is 0 Å². The molecule has 1 aromatic carbocycles. The lowest BCUT2D eigenvalue weighted by Crippen LogP contribution is -2.10. The third-order valence-corrected chi connectivity index (χ3v) is 3.56. The zero-order chi connectivity index (χ0) is 11.6. The van der Waals surface area contributed by atoms with E-state index in [1.807, 2.05) is 0 Å². The zero-order valence-corrected chi connectivity index (χ0v) is 9.99. The van der Waals surface area contributed by atoms with Gasteiger partial charge in [-0.25, -0.2) is 0 Å². The molecule has 0 radical (unpaired) electrons. The highest BCUT2D eigenvalue weighted by atomic mass is 35.5. The molecule has 0 atom stereocenters. The first-order valence-corrected chi connectivity index (χ1v) is 5.69. The summed E-state index contributed by atoms with van der Waals surface area (Å²) in [5.74, 6) is -0.951. The van der Waals surface area contributed by atoms with Crippen molar-refractivity contribution >= 4 is 35.0 Å². The van der Waals surface area contributed by atoms with Crippen LogP contribution < -0.4 is 0 Å². The van der Waals surface area contributed by atoms with Gasteiger partial charge in [-0.3, -0.25) is 0 Å². The summed E-state index contributed by atoms with van der Waals surface area (Å²) < 4.78 is 35.9. The molecule has 0 saturated heterocycles. The molecule has 0 amide bonds. The highest BCUT2D eigenvalue weighted by Gasteiger charge is 2.27. The number of rotatable bonds is 2. The Bertz CT molecular complexity index is 363. The average Bonchev–Trinajstić information content (AvgIpc) is 2.07. The Morgan fingerprint density at radius 3 is 2.33 bits per heavy atom. The van der Waals surface area contributed by atoms with Crippen molar-refractivity contribution in [2.45, 2.75) is 18.0 Å². The Labute approximate surface area is 99.8 Å². The molecule has 6 heteroatoms. The average molecular weight is 275 g/mol. The van der Waals surface area contributed by atoms with Crippen molar-refractivity contribution in [1.29, 1.82) is 0 Å². The maximum atomic E-state index is 12.0. The van der Waals surface area contributed by atoms with E-state index < -0.39 is 11.9 Å². The van der Waals surface area contributed by atoms with Crippen LogP contribution >= 0.6 is 35.0 Å². The second-order valence-corrected chi connectivity index (χ2v) is 4.77. The molecule has 0 aliphatic heterocycles. The topological polar surface area (TPSA) is 0 Å². The number of hydrogen-bond donors (Lipinski definition) is 0. The van der Waals surface area contributed by atoms with E-state index in [-0.39, 0.29) is 5.02 Å². The molecular formula is C9H7Cl2F3S. The van der Waals surface area contributed by atoms with Gasteiger partial charge in [0.15, 0.2) is 0 Å². The lowest BCUT2D eigenvalue weighted by Gasteiger charge is -2.08. The molecule has 0 saturated carbocycles. The van der Waals surface area contributed by atoms with Crippen molar-refractivity contribution in [2.75, 3.05) is 5.75 Å². The molecule has 0 aliphatic rings. The fraction of sp³-hybridized carbons (Fsp3) is 0.333. The minimum absolute atomic E-state index is 0.250. The van der Waals surface area contributed by atoms with E-state index in [0.717, 1.165) is 0 Å². The second kappa shape index (κ2) is 4.85. The van der Waals surface area contributed by atoms with Gasteiger partial charge in [-0.2, -0.15) is 13.2 Å². The molecule has 0 aromatic heterocycles. The summed E-state index contributed by atoms with van der Waals surface area (Å²) in [6.07, 6.45) is -4.19. The van der Waals surface area contributed by atoms with E-state index in [1.165, 1.54) is 6.07 Å². The van der Waals surface area contributed by atoms with Crippen LogP contribution in [0.5, 0.6) is 0 Å². The van der Waals surface area contributed by atoms with Crippen LogP contribution in [0.2, 0.25) is 10.0 Å². The molecule has 1 aromatic rings. The van der Waals surface area contributed by atoms with Gasteiger partial charge in [-0.15, -0.1) is 11.8 Å². The van der Waals surface area contributed by atoms with Crippen LogP contribution in [0.25, 0.3) is 0 Å². The SMILES string of the molecule is Cc1cc(SCC(F)(F)F)c(Cl)cc1Cl. The largest absolute Gasteiger partial charge is 0.398 e. The van der Waals surface area contributed by atoms with Gasteiger partial charge in [0.2, 0.25) is 0 Å². The van der Waals surface area contributed by atoms with E-state index in [0.29, 0.717) is 27.2 Å². The summed E-state index contributed by atoms with van der Waals surface area (Å²) in [4.78, 5) is 0.399. The van der Waals surface area contributed by atoms with Crippen LogP contribution in [0.15, 0.2) is 17.0 Å². The molecule has 1 rings (SSSR count). The number of halogens is 5. The lowest BCUT2D eigenvalue weighted by molar-refractivity contribution is -0.105. The molecule has 84 valence electrons. The maximum Gasteiger partial charge on any atom is 0.398 e. The Morgan fingerprint density at radius 1 is 1.20 bits per heavy atom. The predicted molar refractivity (Wildman–Crippen MR) is 58.0 cm³/mol. The summed E-state index contributed by atoms with van der Waals surface area (Å²) in [6.45, 7) is 1.72. The highest BCUT2D eigenvalue weighted by molar-refractivity contribution is 7.99. The molecule has 0 bridgehead atoms. The molecule has 15 heavy (non-hydrogen) atoms. The Hall–Kier alpha value is -0.0600. The van der Waals surface area contributed by atoms with Gasteiger partial charge in [0.05, 0.1) is 10.8 Å². The summed E-state index contributed by atoms with van der Waals surface area (Å²) >= 11 is 12.2. The summed E-state index contributed by atoms with van der Waals surface area (Å²) in [5.41, 5.74) is 0.714. The molecule has 0 nitrogen and oxygen atoms in total. The van der Waals surface area contributed by atoms with Gasteiger partial charge < -0.3 is 0 Å². The first kappa shape index (κ1) is 13.0. The third-order valence-electron chi connectivity index (χ3n) is 1.60. The van der Waals surface area contributed by atoms with Gasteiger partial charge in [0, 0.05) is 9.92 Å². The number of benzene rings is 1. The molecule has 0 N–H and O–H groups in total. The van der Waals surface area contributed by atoms with E-state index in [9.17, 15) is 13.2 Å². The van der Waals surface area contributed by atoms with Crippen LogP contribution in [0.1, 0.15) is 5.56 Å². The lowest BCUT2D eigenvalue weighted by atomic mass is 10.2. The van der Waals surface area contributed by atoms with E-state index in [2.05, 4.69) is 0 Å². The van der Waals surface area contributed by atoms with Crippen molar-refractivity contribution in [1.82, 2.24) is 0 Å². The quantitative estimate of drug-likeness (QED) is 0.688. The van der Waals surface area contributed by atoms with Gasteiger partial charge in [-0.05, 0) is 24.6 Å². The van der Waals surface area contributed by atoms with Crippen molar-refractivity contribution in [3.8, 4) is 0 Å². The number of aryl methyl sites for hydroxylation is 1. The van der Waals surface area contributed by atoms with Gasteiger partial charge in [0.25, 0.3) is 0 Å². The van der Waals surface area contributed by atoms with E-state index in [4.69, 9.17) is 23.2 Å². The molecule has 0 heterocycles. The monoisotopic (exact) mass is 274 g/mol. The number of alkyl halides is 3. The summed E-state index contributed by atoms with van der Waals surface area (Å²) in [7, 11) is 0. The minimum atomic E-state index is -4.19. The number of hydrogen-bond acceptors (Lipinski definition) is 1. The normalized spacial score (nSPS) is 11.9. The van der Waals surface area contributed by atoms with Crippen molar-refractivity contribution < 1.29 is 13.2 Å².